The summed E-state index contributed by atoms with van der Waals surface area (Å²) < 4.78 is 0. The molecule has 19 heavy (non-hydrogen) atoms. The zero-order valence-electron chi connectivity index (χ0n) is 10.4. The maximum Gasteiger partial charge on any atom is 0.138 e. The second-order valence-electron chi connectivity index (χ2n) is 3.89. The molecule has 0 heterocycles. The lowest BCUT2D eigenvalue weighted by Gasteiger charge is -2.01. The number of aromatic hydroxyl groups is 2. The summed E-state index contributed by atoms with van der Waals surface area (Å²) >= 11 is 16.9. The summed E-state index contributed by atoms with van der Waals surface area (Å²) in [5, 5.41) is 19.7. The number of rotatable bonds is 0. The third-order valence-corrected chi connectivity index (χ3v) is 3.68. The second kappa shape index (κ2) is 6.90. The van der Waals surface area contributed by atoms with Gasteiger partial charge in [0, 0.05) is 21.2 Å². The highest BCUT2D eigenvalue weighted by atomic mass is 35.5. The van der Waals surface area contributed by atoms with Crippen LogP contribution in [0.15, 0.2) is 30.3 Å². The van der Waals surface area contributed by atoms with Crippen molar-refractivity contribution in [3.05, 3.63) is 56.5 Å². The minimum Gasteiger partial charge on any atom is -0.508 e. The molecule has 0 aliphatic heterocycles. The summed E-state index contributed by atoms with van der Waals surface area (Å²) in [6.45, 7) is 3.49. The van der Waals surface area contributed by atoms with Gasteiger partial charge in [-0.2, -0.15) is 0 Å². The van der Waals surface area contributed by atoms with E-state index in [9.17, 15) is 5.11 Å². The molecule has 2 aromatic rings. The minimum atomic E-state index is 0.0640. The number of hydrogen-bond donors (Lipinski definition) is 2. The van der Waals surface area contributed by atoms with Crippen molar-refractivity contribution < 1.29 is 10.2 Å². The van der Waals surface area contributed by atoms with E-state index < -0.39 is 0 Å². The van der Waals surface area contributed by atoms with E-state index in [1.807, 2.05) is 0 Å². The Hall–Kier alpha value is -1.09. The van der Waals surface area contributed by atoms with Crippen molar-refractivity contribution in [2.75, 3.05) is 0 Å². The van der Waals surface area contributed by atoms with Gasteiger partial charge < -0.3 is 10.2 Å². The first-order chi connectivity index (χ1) is 8.84. The first kappa shape index (κ1) is 16.0. The molecule has 0 saturated heterocycles. The molecule has 102 valence electrons. The predicted molar refractivity (Wildman–Crippen MR) is 80.7 cm³/mol. The average Bonchev–Trinajstić information content (AvgIpc) is 2.39. The Bertz CT molecular complexity index is 536. The molecule has 0 aromatic heterocycles. The maximum atomic E-state index is 9.17. The van der Waals surface area contributed by atoms with Gasteiger partial charge in [-0.05, 0) is 38.1 Å². The molecule has 0 radical (unpaired) electrons. The molecular weight excluding hydrogens is 307 g/mol. The van der Waals surface area contributed by atoms with E-state index in [1.165, 1.54) is 0 Å². The van der Waals surface area contributed by atoms with Gasteiger partial charge in [0.25, 0.3) is 0 Å². The topological polar surface area (TPSA) is 40.5 Å². The highest BCUT2D eigenvalue weighted by molar-refractivity contribution is 6.34. The molecule has 0 aliphatic rings. The van der Waals surface area contributed by atoms with Crippen LogP contribution < -0.4 is 0 Å². The Morgan fingerprint density at radius 1 is 0.737 bits per heavy atom. The van der Waals surface area contributed by atoms with E-state index in [0.717, 1.165) is 5.56 Å². The highest BCUT2D eigenvalue weighted by Gasteiger charge is 2.03. The number of benzene rings is 2. The van der Waals surface area contributed by atoms with Crippen LogP contribution in [0.25, 0.3) is 0 Å². The summed E-state index contributed by atoms with van der Waals surface area (Å²) in [6.07, 6.45) is 0. The molecule has 0 saturated carbocycles. The summed E-state index contributed by atoms with van der Waals surface area (Å²) in [5.41, 5.74) is 1.35. The molecule has 0 spiro atoms. The smallest absolute Gasteiger partial charge is 0.138 e. The van der Waals surface area contributed by atoms with Crippen LogP contribution in [0, 0.1) is 13.8 Å². The fourth-order valence-electron chi connectivity index (χ4n) is 1.24. The van der Waals surface area contributed by atoms with Gasteiger partial charge in [0.05, 0.1) is 5.02 Å². The van der Waals surface area contributed by atoms with E-state index in [4.69, 9.17) is 39.9 Å². The van der Waals surface area contributed by atoms with E-state index in [-0.39, 0.29) is 11.5 Å². The number of halogens is 3. The predicted octanol–water partition coefficient (Wildman–Crippen LogP) is 5.36. The Morgan fingerprint density at radius 3 is 1.74 bits per heavy atom. The molecule has 2 N–H and O–H groups in total. The van der Waals surface area contributed by atoms with Gasteiger partial charge in [0.15, 0.2) is 0 Å². The second-order valence-corrected chi connectivity index (χ2v) is 5.11. The third-order valence-electron chi connectivity index (χ3n) is 2.55. The van der Waals surface area contributed by atoms with Gasteiger partial charge in [-0.15, -0.1) is 0 Å². The Labute approximate surface area is 127 Å². The monoisotopic (exact) mass is 318 g/mol. The lowest BCUT2D eigenvalue weighted by atomic mass is 10.2. The molecule has 0 bridgehead atoms. The van der Waals surface area contributed by atoms with Crippen molar-refractivity contribution >= 4 is 34.8 Å². The van der Waals surface area contributed by atoms with E-state index in [1.54, 1.807) is 44.2 Å². The molecule has 0 aliphatic carbocycles. The standard InChI is InChI=1S/C7H6Cl2O.C7H7ClO/c1-4-5(8)2-3-6(9)7(4)10;1-5-6(8)3-2-4-7(5)9/h2-3,10H,1H3;2-4,9H,1H3. The van der Waals surface area contributed by atoms with Gasteiger partial charge in [-0.25, -0.2) is 0 Å². The molecule has 2 nitrogen and oxygen atoms in total. The van der Waals surface area contributed by atoms with E-state index >= 15 is 0 Å². The molecule has 0 fully saturated rings. The first-order valence-electron chi connectivity index (χ1n) is 5.42. The molecule has 0 amide bonds. The van der Waals surface area contributed by atoms with Gasteiger partial charge in [0.1, 0.15) is 11.5 Å². The summed E-state index contributed by atoms with van der Waals surface area (Å²) in [5.74, 6) is 0.316. The Morgan fingerprint density at radius 2 is 1.26 bits per heavy atom. The van der Waals surface area contributed by atoms with Crippen LogP contribution in [0.1, 0.15) is 11.1 Å². The van der Waals surface area contributed by atoms with Crippen LogP contribution in [0.4, 0.5) is 0 Å². The maximum absolute atomic E-state index is 9.17. The van der Waals surface area contributed by atoms with Crippen LogP contribution >= 0.6 is 34.8 Å². The normalized spacial score (nSPS) is 9.74. The minimum absolute atomic E-state index is 0.0640. The number of phenols is 2. The lowest BCUT2D eigenvalue weighted by Crippen LogP contribution is -1.76. The Kier molecular flexibility index (Phi) is 5.80. The van der Waals surface area contributed by atoms with Crippen LogP contribution in [-0.2, 0) is 0 Å². The van der Waals surface area contributed by atoms with Gasteiger partial charge in [0.2, 0.25) is 0 Å². The number of hydrogen-bond acceptors (Lipinski definition) is 2. The zero-order valence-corrected chi connectivity index (χ0v) is 12.7. The van der Waals surface area contributed by atoms with Crippen molar-refractivity contribution in [2.45, 2.75) is 13.8 Å². The summed E-state index contributed by atoms with van der Waals surface area (Å²) in [6, 6.07) is 8.29. The van der Waals surface area contributed by atoms with E-state index in [2.05, 4.69) is 0 Å². The van der Waals surface area contributed by atoms with Crippen molar-refractivity contribution in [1.29, 1.82) is 0 Å². The van der Waals surface area contributed by atoms with E-state index in [0.29, 0.717) is 20.6 Å². The summed E-state index contributed by atoms with van der Waals surface area (Å²) in [4.78, 5) is 0. The largest absolute Gasteiger partial charge is 0.508 e. The fourth-order valence-corrected chi connectivity index (χ4v) is 1.77. The van der Waals surface area contributed by atoms with Crippen molar-refractivity contribution in [2.24, 2.45) is 0 Å². The molecule has 2 aromatic carbocycles. The van der Waals surface area contributed by atoms with Crippen LogP contribution in [0.5, 0.6) is 11.5 Å². The van der Waals surface area contributed by atoms with Crippen molar-refractivity contribution in [3.63, 3.8) is 0 Å². The molecule has 0 atom stereocenters. The van der Waals surface area contributed by atoms with Crippen LogP contribution in [0.2, 0.25) is 15.1 Å². The lowest BCUT2D eigenvalue weighted by molar-refractivity contribution is 0.471. The fraction of sp³-hybridized carbons (Fsp3) is 0.143. The third kappa shape index (κ3) is 4.20. The van der Waals surface area contributed by atoms with Crippen molar-refractivity contribution in [1.82, 2.24) is 0 Å². The first-order valence-corrected chi connectivity index (χ1v) is 6.55. The molecule has 5 heteroatoms. The molecular formula is C14H13Cl3O2. The quantitative estimate of drug-likeness (QED) is 0.686. The Balaban J connectivity index is 0.000000191. The summed E-state index contributed by atoms with van der Waals surface area (Å²) in [7, 11) is 0. The van der Waals surface area contributed by atoms with Crippen LogP contribution in [-0.4, -0.2) is 10.2 Å². The van der Waals surface area contributed by atoms with Gasteiger partial charge in [-0.3, -0.25) is 0 Å². The number of phenolic OH excluding ortho intramolecular Hbond substituents is 2. The highest BCUT2D eigenvalue weighted by Crippen LogP contribution is 2.31. The zero-order chi connectivity index (χ0) is 14.6. The SMILES string of the molecule is Cc1c(Cl)ccc(Cl)c1O.Cc1c(O)cccc1Cl. The van der Waals surface area contributed by atoms with Crippen LogP contribution in [0.3, 0.4) is 0 Å². The average molecular weight is 320 g/mol. The van der Waals surface area contributed by atoms with Gasteiger partial charge >= 0.3 is 0 Å². The van der Waals surface area contributed by atoms with Gasteiger partial charge in [-0.1, -0.05) is 40.9 Å². The molecule has 0 unspecified atom stereocenters. The van der Waals surface area contributed by atoms with Crippen molar-refractivity contribution in [3.8, 4) is 11.5 Å². The molecule has 2 rings (SSSR count).